The molecule has 1 aromatic heterocycles. The zero-order valence-electron chi connectivity index (χ0n) is 14.4. The van der Waals surface area contributed by atoms with E-state index in [0.29, 0.717) is 12.0 Å². The van der Waals surface area contributed by atoms with Gasteiger partial charge in [-0.05, 0) is 44.8 Å². The maximum atomic E-state index is 5.50. The van der Waals surface area contributed by atoms with Gasteiger partial charge in [0.1, 0.15) is 5.82 Å². The van der Waals surface area contributed by atoms with Crippen LogP contribution in [-0.4, -0.2) is 46.5 Å². The molecule has 5 nitrogen and oxygen atoms in total. The molecule has 5 heteroatoms. The van der Waals surface area contributed by atoms with Crippen LogP contribution in [0, 0.1) is 0 Å². The molecule has 0 bridgehead atoms. The number of hydrogen-bond acceptors (Lipinski definition) is 4. The van der Waals surface area contributed by atoms with Gasteiger partial charge < -0.3 is 4.74 Å². The third kappa shape index (κ3) is 3.23. The topological polar surface area (TPSA) is 43.2 Å². The van der Waals surface area contributed by atoms with Crippen molar-refractivity contribution in [2.75, 3.05) is 26.8 Å². The normalized spacial score (nSPS) is 23.0. The van der Waals surface area contributed by atoms with Crippen LogP contribution >= 0.6 is 0 Å². The van der Waals surface area contributed by atoms with Gasteiger partial charge in [0.25, 0.3) is 0 Å². The van der Waals surface area contributed by atoms with E-state index in [1.54, 1.807) is 0 Å². The summed E-state index contributed by atoms with van der Waals surface area (Å²) in [6.45, 7) is 3.61. The fraction of sp³-hybridized carbons (Fsp3) is 0.579. The molecule has 2 saturated heterocycles. The van der Waals surface area contributed by atoms with Crippen molar-refractivity contribution in [1.29, 1.82) is 0 Å². The molecule has 2 aliphatic heterocycles. The summed E-state index contributed by atoms with van der Waals surface area (Å²) in [5.74, 6) is 2.60. The fourth-order valence-electron chi connectivity index (χ4n) is 3.86. The Labute approximate surface area is 143 Å². The van der Waals surface area contributed by atoms with E-state index in [2.05, 4.69) is 47.0 Å². The van der Waals surface area contributed by atoms with Crippen LogP contribution < -0.4 is 0 Å². The summed E-state index contributed by atoms with van der Waals surface area (Å²) in [7, 11) is 2.20. The average Bonchev–Trinajstić information content (AvgIpc) is 3.23. The van der Waals surface area contributed by atoms with Crippen LogP contribution in [0.25, 0.3) is 0 Å². The van der Waals surface area contributed by atoms with Crippen molar-refractivity contribution >= 4 is 0 Å². The molecule has 1 atom stereocenters. The van der Waals surface area contributed by atoms with Crippen molar-refractivity contribution < 1.29 is 4.74 Å². The molecule has 1 aromatic carbocycles. The van der Waals surface area contributed by atoms with Crippen LogP contribution in [0.5, 0.6) is 0 Å². The maximum Gasteiger partial charge on any atom is 0.154 e. The Bertz CT molecular complexity index is 663. The number of aromatic nitrogens is 3. The molecule has 24 heavy (non-hydrogen) atoms. The van der Waals surface area contributed by atoms with Gasteiger partial charge in [-0.1, -0.05) is 30.3 Å². The van der Waals surface area contributed by atoms with E-state index in [1.807, 2.05) is 0 Å². The molecule has 4 rings (SSSR count). The number of ether oxygens (including phenoxy) is 1. The molecule has 2 aromatic rings. The Morgan fingerprint density at radius 2 is 1.92 bits per heavy atom. The van der Waals surface area contributed by atoms with Crippen LogP contribution in [0.1, 0.15) is 54.9 Å². The first-order valence-electron chi connectivity index (χ1n) is 9.08. The van der Waals surface area contributed by atoms with E-state index in [9.17, 15) is 0 Å². The van der Waals surface area contributed by atoms with Gasteiger partial charge in [0, 0.05) is 19.1 Å². The van der Waals surface area contributed by atoms with Crippen LogP contribution in [0.2, 0.25) is 0 Å². The van der Waals surface area contributed by atoms with Gasteiger partial charge in [0.15, 0.2) is 5.82 Å². The first-order chi connectivity index (χ1) is 11.8. The second-order valence-corrected chi connectivity index (χ2v) is 7.00. The van der Waals surface area contributed by atoms with Crippen LogP contribution in [0.15, 0.2) is 30.3 Å². The minimum Gasteiger partial charge on any atom is -0.381 e. The van der Waals surface area contributed by atoms with Gasteiger partial charge in [0.2, 0.25) is 0 Å². The minimum atomic E-state index is 0.398. The predicted molar refractivity (Wildman–Crippen MR) is 93.0 cm³/mol. The van der Waals surface area contributed by atoms with E-state index in [0.717, 1.165) is 50.8 Å². The summed E-state index contributed by atoms with van der Waals surface area (Å²) in [5, 5.41) is 4.93. The Morgan fingerprint density at radius 1 is 1.12 bits per heavy atom. The number of benzene rings is 1. The van der Waals surface area contributed by atoms with Gasteiger partial charge >= 0.3 is 0 Å². The molecule has 3 heterocycles. The fourth-order valence-corrected chi connectivity index (χ4v) is 3.86. The van der Waals surface area contributed by atoms with Crippen molar-refractivity contribution in [3.63, 3.8) is 0 Å². The van der Waals surface area contributed by atoms with Gasteiger partial charge in [-0.3, -0.25) is 4.90 Å². The summed E-state index contributed by atoms with van der Waals surface area (Å²) >= 11 is 0. The SMILES string of the molecule is CN1CCC[C@H]1c1nc(C2CCOCC2)nn1Cc1ccccc1. The van der Waals surface area contributed by atoms with E-state index < -0.39 is 0 Å². The first-order valence-corrected chi connectivity index (χ1v) is 9.08. The van der Waals surface area contributed by atoms with E-state index in [4.69, 9.17) is 14.8 Å². The Hall–Kier alpha value is -1.72. The van der Waals surface area contributed by atoms with Crippen molar-refractivity contribution in [2.45, 2.75) is 44.2 Å². The van der Waals surface area contributed by atoms with Crippen LogP contribution in [0.3, 0.4) is 0 Å². The van der Waals surface area contributed by atoms with Crippen molar-refractivity contribution in [1.82, 2.24) is 19.7 Å². The zero-order valence-corrected chi connectivity index (χ0v) is 14.4. The van der Waals surface area contributed by atoms with Crippen LogP contribution in [-0.2, 0) is 11.3 Å². The molecule has 0 N–H and O–H groups in total. The predicted octanol–water partition coefficient (Wildman–Crippen LogP) is 2.99. The Balaban J connectivity index is 1.65. The van der Waals surface area contributed by atoms with E-state index in [1.165, 1.54) is 18.4 Å². The molecule has 2 aliphatic rings. The molecule has 128 valence electrons. The highest BCUT2D eigenvalue weighted by atomic mass is 16.5. The highest BCUT2D eigenvalue weighted by molar-refractivity contribution is 5.16. The highest BCUT2D eigenvalue weighted by Crippen LogP contribution is 2.32. The summed E-state index contributed by atoms with van der Waals surface area (Å²) in [5.41, 5.74) is 1.28. The molecule has 2 fully saturated rings. The third-order valence-electron chi connectivity index (χ3n) is 5.30. The van der Waals surface area contributed by atoms with Gasteiger partial charge in [-0.2, -0.15) is 5.10 Å². The molecular weight excluding hydrogens is 300 g/mol. The van der Waals surface area contributed by atoms with Crippen molar-refractivity contribution in [3.05, 3.63) is 47.5 Å². The average molecular weight is 326 g/mol. The number of nitrogens with zero attached hydrogens (tertiary/aromatic N) is 4. The molecule has 0 unspecified atom stereocenters. The lowest BCUT2D eigenvalue weighted by Crippen LogP contribution is -2.22. The van der Waals surface area contributed by atoms with Crippen molar-refractivity contribution in [2.24, 2.45) is 0 Å². The lowest BCUT2D eigenvalue weighted by atomic mass is 10.00. The van der Waals surface area contributed by atoms with Gasteiger partial charge in [0.05, 0.1) is 12.6 Å². The van der Waals surface area contributed by atoms with Crippen LogP contribution in [0.4, 0.5) is 0 Å². The summed E-state index contributed by atoms with van der Waals surface area (Å²) in [6, 6.07) is 11.0. The van der Waals surface area contributed by atoms with Gasteiger partial charge in [-0.25, -0.2) is 9.67 Å². The zero-order chi connectivity index (χ0) is 16.4. The Kier molecular flexibility index (Phi) is 4.63. The quantitative estimate of drug-likeness (QED) is 0.866. The molecule has 0 spiro atoms. The second kappa shape index (κ2) is 7.03. The summed E-state index contributed by atoms with van der Waals surface area (Å²) in [4.78, 5) is 7.43. The number of hydrogen-bond donors (Lipinski definition) is 0. The molecule has 0 amide bonds. The lowest BCUT2D eigenvalue weighted by Gasteiger charge is -2.19. The highest BCUT2D eigenvalue weighted by Gasteiger charge is 2.30. The number of likely N-dealkylation sites (tertiary alicyclic amines) is 1. The summed E-state index contributed by atoms with van der Waals surface area (Å²) < 4.78 is 7.65. The monoisotopic (exact) mass is 326 g/mol. The maximum absolute atomic E-state index is 5.50. The third-order valence-corrected chi connectivity index (χ3v) is 5.30. The molecule has 0 saturated carbocycles. The largest absolute Gasteiger partial charge is 0.381 e. The smallest absolute Gasteiger partial charge is 0.154 e. The second-order valence-electron chi connectivity index (χ2n) is 7.00. The lowest BCUT2D eigenvalue weighted by molar-refractivity contribution is 0.0835. The molecule has 0 aliphatic carbocycles. The Morgan fingerprint density at radius 3 is 2.62 bits per heavy atom. The summed E-state index contributed by atoms with van der Waals surface area (Å²) in [6.07, 6.45) is 4.49. The minimum absolute atomic E-state index is 0.398. The standard InChI is InChI=1S/C19H26N4O/c1-22-11-5-8-17(22)19-20-18(16-9-12-24-13-10-16)21-23(19)14-15-6-3-2-4-7-15/h2-4,6-7,16-17H,5,8-14H2,1H3/t17-/m0/s1. The van der Waals surface area contributed by atoms with E-state index in [-0.39, 0.29) is 0 Å². The molecule has 0 radical (unpaired) electrons. The van der Waals surface area contributed by atoms with Crippen molar-refractivity contribution in [3.8, 4) is 0 Å². The molecular formula is C19H26N4O. The van der Waals surface area contributed by atoms with E-state index >= 15 is 0 Å². The first kappa shape index (κ1) is 15.8. The number of rotatable bonds is 4. The van der Waals surface area contributed by atoms with Gasteiger partial charge in [-0.15, -0.1) is 0 Å².